The van der Waals surface area contributed by atoms with Crippen molar-refractivity contribution in [2.45, 2.75) is 11.5 Å². The van der Waals surface area contributed by atoms with Crippen LogP contribution in [0, 0.1) is 0 Å². The minimum absolute atomic E-state index is 0.265. The van der Waals surface area contributed by atoms with Gasteiger partial charge in [0.25, 0.3) is 0 Å². The Balaban J connectivity index is 1.16. The van der Waals surface area contributed by atoms with Crippen molar-refractivity contribution in [3.63, 3.8) is 0 Å². The van der Waals surface area contributed by atoms with Gasteiger partial charge >= 0.3 is 0 Å². The van der Waals surface area contributed by atoms with E-state index >= 15 is 0 Å². The number of aromatic nitrogens is 1. The summed E-state index contributed by atoms with van der Waals surface area (Å²) in [5.74, 6) is 1.55. The molecule has 1 unspecified atom stereocenters. The molecule has 8 aromatic carbocycles. The van der Waals surface area contributed by atoms with Gasteiger partial charge in [-0.15, -0.1) is 0 Å². The summed E-state index contributed by atoms with van der Waals surface area (Å²) in [6.45, 7) is 0. The van der Waals surface area contributed by atoms with Crippen LogP contribution in [0.15, 0.2) is 185 Å². The van der Waals surface area contributed by atoms with Crippen LogP contribution in [-0.2, 0) is 5.41 Å². The van der Waals surface area contributed by atoms with Gasteiger partial charge in [-0.1, -0.05) is 146 Å². The topological polar surface area (TPSA) is 33.7 Å². The molecule has 3 heterocycles. The Bertz CT molecular complexity index is 3320. The van der Waals surface area contributed by atoms with Gasteiger partial charge in [-0.3, -0.25) is 4.57 Å². The lowest BCUT2D eigenvalue weighted by molar-refractivity contribution is 0.616. The quantitative estimate of drug-likeness (QED) is 0.170. The zero-order chi connectivity index (χ0) is 36.7. The van der Waals surface area contributed by atoms with E-state index < -0.39 is 5.41 Å². The largest absolute Gasteiger partial charge is 0.436 e. The van der Waals surface area contributed by atoms with Crippen molar-refractivity contribution in [1.82, 2.24) is 4.57 Å². The number of benzene rings is 8. The van der Waals surface area contributed by atoms with Gasteiger partial charge in [-0.05, 0) is 91.2 Å². The number of furan rings is 1. The summed E-state index contributed by atoms with van der Waals surface area (Å²) in [6.07, 6.45) is 0. The number of anilines is 1. The molecule has 1 atom stereocenters. The van der Waals surface area contributed by atoms with E-state index in [4.69, 9.17) is 9.41 Å². The standard InChI is InChI=1S/C52H33N3O/c1-54-48(38-22-14-26-43-47(38)36-20-6-11-25-42(36)52(43)40-23-9-4-17-33(40)34-18-5-10-24-41(34)52)50(53-51-49(54)37-21-8-13-28-46(37)56-51)55-44-27-12-7-19-35(44)39-29-31-15-2-3-16-32(31)30-45(39)55/h2-30,48H,1H3. The van der Waals surface area contributed by atoms with E-state index in [2.05, 4.69) is 180 Å². The summed E-state index contributed by atoms with van der Waals surface area (Å²) < 4.78 is 9.04. The number of nitrogens with zero attached hydrogens (tertiary/aromatic N) is 3. The summed E-state index contributed by atoms with van der Waals surface area (Å²) in [6, 6.07) is 64.3. The molecule has 3 aliphatic rings. The molecule has 56 heavy (non-hydrogen) atoms. The third-order valence-electron chi connectivity index (χ3n) is 12.9. The fraction of sp³-hybridized carbons (Fsp3) is 0.0577. The third-order valence-corrected chi connectivity index (χ3v) is 12.9. The molecule has 2 aromatic heterocycles. The Morgan fingerprint density at radius 2 is 1.11 bits per heavy atom. The minimum atomic E-state index is -0.446. The second-order valence-electron chi connectivity index (χ2n) is 15.5. The highest BCUT2D eigenvalue weighted by atomic mass is 16.4. The number of fused-ring (bicyclic) bond motifs is 17. The molecule has 0 bridgehead atoms. The van der Waals surface area contributed by atoms with Gasteiger partial charge in [0.15, 0.2) is 0 Å². The second kappa shape index (κ2) is 10.7. The maximum Gasteiger partial charge on any atom is 0.245 e. The highest BCUT2D eigenvalue weighted by molar-refractivity contribution is 6.20. The first kappa shape index (κ1) is 30.2. The maximum absolute atomic E-state index is 6.63. The molecule has 2 aliphatic carbocycles. The van der Waals surface area contributed by atoms with Crippen LogP contribution in [0.4, 0.5) is 11.6 Å². The molecule has 1 spiro atoms. The lowest BCUT2D eigenvalue weighted by Crippen LogP contribution is -2.37. The van der Waals surface area contributed by atoms with Crippen molar-refractivity contribution in [3.05, 3.63) is 204 Å². The number of rotatable bonds is 1. The van der Waals surface area contributed by atoms with E-state index in [9.17, 15) is 0 Å². The van der Waals surface area contributed by atoms with Gasteiger partial charge in [-0.2, -0.15) is 4.99 Å². The fourth-order valence-corrected chi connectivity index (χ4v) is 10.7. The average Bonchev–Trinajstić information content (AvgIpc) is 3.96. The van der Waals surface area contributed by atoms with Crippen LogP contribution in [0.2, 0.25) is 0 Å². The van der Waals surface area contributed by atoms with Crippen LogP contribution in [-0.4, -0.2) is 17.5 Å². The van der Waals surface area contributed by atoms with Gasteiger partial charge < -0.3 is 9.32 Å². The van der Waals surface area contributed by atoms with Crippen molar-refractivity contribution in [1.29, 1.82) is 0 Å². The van der Waals surface area contributed by atoms with Crippen LogP contribution in [0.3, 0.4) is 0 Å². The zero-order valence-corrected chi connectivity index (χ0v) is 30.6. The van der Waals surface area contributed by atoms with Crippen molar-refractivity contribution in [2.75, 3.05) is 11.9 Å². The smallest absolute Gasteiger partial charge is 0.245 e. The van der Waals surface area contributed by atoms with E-state index in [0.717, 1.165) is 33.5 Å². The molecule has 0 amide bonds. The van der Waals surface area contributed by atoms with Crippen LogP contribution < -0.4 is 4.90 Å². The predicted octanol–water partition coefficient (Wildman–Crippen LogP) is 12.8. The van der Waals surface area contributed by atoms with Gasteiger partial charge in [0.2, 0.25) is 5.88 Å². The van der Waals surface area contributed by atoms with E-state index in [1.165, 1.54) is 71.6 Å². The van der Waals surface area contributed by atoms with Crippen LogP contribution in [0.5, 0.6) is 0 Å². The first-order valence-corrected chi connectivity index (χ1v) is 19.4. The summed E-state index contributed by atoms with van der Waals surface area (Å²) >= 11 is 0. The molecule has 0 radical (unpaired) electrons. The highest BCUT2D eigenvalue weighted by Gasteiger charge is 2.53. The van der Waals surface area contributed by atoms with E-state index in [0.29, 0.717) is 5.88 Å². The predicted molar refractivity (Wildman–Crippen MR) is 230 cm³/mol. The van der Waals surface area contributed by atoms with E-state index in [1.807, 2.05) is 12.1 Å². The fourth-order valence-electron chi connectivity index (χ4n) is 10.7. The zero-order valence-electron chi connectivity index (χ0n) is 30.6. The summed E-state index contributed by atoms with van der Waals surface area (Å²) in [7, 11) is 2.22. The molecule has 0 fully saturated rings. The van der Waals surface area contributed by atoms with Crippen molar-refractivity contribution >= 4 is 61.0 Å². The Kier molecular flexibility index (Phi) is 5.79. The summed E-state index contributed by atoms with van der Waals surface area (Å²) in [5, 5.41) is 5.90. The maximum atomic E-state index is 6.63. The number of likely N-dealkylation sites (N-methyl/N-ethyl adjacent to an activating group) is 1. The molecule has 262 valence electrons. The Morgan fingerprint density at radius 3 is 1.88 bits per heavy atom. The van der Waals surface area contributed by atoms with Gasteiger partial charge in [0.05, 0.1) is 16.4 Å². The number of aliphatic imine (C=N–C) groups is 1. The molecular weight excluding hydrogens is 683 g/mol. The van der Waals surface area contributed by atoms with Crippen LogP contribution >= 0.6 is 0 Å². The number of hydrogen-bond donors (Lipinski definition) is 0. The van der Waals surface area contributed by atoms with Gasteiger partial charge in [-0.25, -0.2) is 0 Å². The van der Waals surface area contributed by atoms with Gasteiger partial charge in [0.1, 0.15) is 23.1 Å². The normalized spacial score (nSPS) is 16.0. The SMILES string of the molecule is CN1c2c(oc3ccccc23)N=C(n2c3ccccc3c3cc4ccccc4cc32)C1c1cccc2c1-c1ccccc1C21c2ccccc2-c2ccccc21. The molecular formula is C52H33N3O. The van der Waals surface area contributed by atoms with Crippen LogP contribution in [0.1, 0.15) is 33.9 Å². The Morgan fingerprint density at radius 1 is 0.518 bits per heavy atom. The van der Waals surface area contributed by atoms with Crippen molar-refractivity contribution in [3.8, 4) is 22.3 Å². The lowest BCUT2D eigenvalue weighted by Gasteiger charge is -2.36. The monoisotopic (exact) mass is 715 g/mol. The molecule has 0 N–H and O–H groups in total. The second-order valence-corrected chi connectivity index (χ2v) is 15.5. The van der Waals surface area contributed by atoms with Crippen molar-refractivity contribution < 1.29 is 4.42 Å². The van der Waals surface area contributed by atoms with E-state index in [-0.39, 0.29) is 6.04 Å². The molecule has 10 aromatic rings. The highest BCUT2D eigenvalue weighted by Crippen LogP contribution is 2.64. The Labute approximate surface area is 323 Å². The molecule has 0 saturated carbocycles. The number of para-hydroxylation sites is 2. The first-order valence-electron chi connectivity index (χ1n) is 19.4. The van der Waals surface area contributed by atoms with Gasteiger partial charge in [0, 0.05) is 23.2 Å². The third kappa shape index (κ3) is 3.62. The first-order chi connectivity index (χ1) is 27.7. The molecule has 0 saturated heterocycles. The number of hydrogen-bond acceptors (Lipinski definition) is 3. The lowest BCUT2D eigenvalue weighted by atomic mass is 9.70. The molecule has 4 heteroatoms. The van der Waals surface area contributed by atoms with Crippen molar-refractivity contribution in [2.24, 2.45) is 4.99 Å². The molecule has 1 aliphatic heterocycles. The van der Waals surface area contributed by atoms with E-state index in [1.54, 1.807) is 0 Å². The molecule has 13 rings (SSSR count). The molecule has 4 nitrogen and oxygen atoms in total. The minimum Gasteiger partial charge on any atom is -0.436 e. The van der Waals surface area contributed by atoms with Crippen LogP contribution in [0.25, 0.3) is 65.8 Å². The average molecular weight is 716 g/mol. The summed E-state index contributed by atoms with van der Waals surface area (Å²) in [5.41, 5.74) is 15.4. The Hall–Kier alpha value is -7.17. The summed E-state index contributed by atoms with van der Waals surface area (Å²) in [4.78, 5) is 8.05.